The Morgan fingerprint density at radius 2 is 2.14 bits per heavy atom. The lowest BCUT2D eigenvalue weighted by Crippen LogP contribution is -2.18. The molecule has 0 amide bonds. The van der Waals surface area contributed by atoms with Crippen molar-refractivity contribution >= 4 is 27.3 Å². The zero-order chi connectivity index (χ0) is 15.2. The summed E-state index contributed by atoms with van der Waals surface area (Å²) in [5.74, 6) is 0.862. The van der Waals surface area contributed by atoms with Crippen molar-refractivity contribution in [2.75, 3.05) is 5.32 Å². The van der Waals surface area contributed by atoms with E-state index in [4.69, 9.17) is 0 Å². The van der Waals surface area contributed by atoms with Crippen molar-refractivity contribution in [1.29, 1.82) is 0 Å². The Bertz CT molecular complexity index is 493. The van der Waals surface area contributed by atoms with Gasteiger partial charge in [-0.15, -0.1) is 0 Å². The molecular weight excluding hydrogens is 332 g/mol. The van der Waals surface area contributed by atoms with Crippen molar-refractivity contribution < 1.29 is 4.92 Å². The summed E-state index contributed by atoms with van der Waals surface area (Å²) < 4.78 is 0.530. The molecule has 2 rings (SSSR count). The third kappa shape index (κ3) is 4.70. The second kappa shape index (κ2) is 7.78. The topological polar surface area (TPSA) is 55.2 Å². The number of nitrogens with one attached hydrogen (secondary N) is 1. The first-order valence-electron chi connectivity index (χ1n) is 7.80. The van der Waals surface area contributed by atoms with E-state index in [-0.39, 0.29) is 10.6 Å². The number of benzene rings is 1. The Kier molecular flexibility index (Phi) is 6.03. The van der Waals surface area contributed by atoms with Crippen LogP contribution in [0.4, 0.5) is 11.4 Å². The highest BCUT2D eigenvalue weighted by atomic mass is 79.9. The van der Waals surface area contributed by atoms with Gasteiger partial charge in [0.15, 0.2) is 0 Å². The molecule has 0 bridgehead atoms. The molecule has 0 radical (unpaired) electrons. The molecule has 0 aromatic heterocycles. The maximum atomic E-state index is 11.0. The molecule has 1 aliphatic rings. The minimum Gasteiger partial charge on any atom is -0.382 e. The van der Waals surface area contributed by atoms with Gasteiger partial charge in [-0.2, -0.15) is 0 Å². The van der Waals surface area contributed by atoms with Crippen LogP contribution in [0.5, 0.6) is 0 Å². The molecule has 1 N–H and O–H groups in total. The van der Waals surface area contributed by atoms with Gasteiger partial charge < -0.3 is 5.32 Å². The highest BCUT2D eigenvalue weighted by Crippen LogP contribution is 2.31. The highest BCUT2D eigenvalue weighted by Gasteiger charge is 2.19. The van der Waals surface area contributed by atoms with Crippen molar-refractivity contribution in [3.05, 3.63) is 32.8 Å². The fourth-order valence-corrected chi connectivity index (χ4v) is 3.59. The van der Waals surface area contributed by atoms with Crippen molar-refractivity contribution in [1.82, 2.24) is 0 Å². The van der Waals surface area contributed by atoms with Crippen LogP contribution in [0.1, 0.15) is 51.9 Å². The molecule has 1 saturated carbocycles. The van der Waals surface area contributed by atoms with Gasteiger partial charge in [0, 0.05) is 17.8 Å². The largest absolute Gasteiger partial charge is 0.382 e. The molecule has 0 saturated heterocycles. The molecule has 1 aromatic rings. The van der Waals surface area contributed by atoms with Gasteiger partial charge in [0.2, 0.25) is 0 Å². The summed E-state index contributed by atoms with van der Waals surface area (Å²) in [6, 6.07) is 5.72. The standard InChI is InChI=1S/C16H23BrN2O2/c1-2-4-12-5-3-6-13(8-7-12)18-14-9-10-15(17)16(11-14)19(20)21/h9-13,18H,2-8H2,1H3. The predicted octanol–water partition coefficient (Wildman–Crippen LogP) is 5.52. The van der Waals surface area contributed by atoms with Gasteiger partial charge >= 0.3 is 0 Å². The summed E-state index contributed by atoms with van der Waals surface area (Å²) in [7, 11) is 0. The minimum atomic E-state index is -0.348. The molecule has 4 nitrogen and oxygen atoms in total. The van der Waals surface area contributed by atoms with Crippen molar-refractivity contribution in [3.63, 3.8) is 0 Å². The fraction of sp³-hybridized carbons (Fsp3) is 0.625. The third-order valence-electron chi connectivity index (χ3n) is 4.30. The van der Waals surface area contributed by atoms with E-state index in [1.807, 2.05) is 6.07 Å². The van der Waals surface area contributed by atoms with E-state index in [9.17, 15) is 10.1 Å². The first-order chi connectivity index (χ1) is 10.1. The molecule has 116 valence electrons. The summed E-state index contributed by atoms with van der Waals surface area (Å²) in [4.78, 5) is 10.6. The maximum Gasteiger partial charge on any atom is 0.285 e. The highest BCUT2D eigenvalue weighted by molar-refractivity contribution is 9.10. The molecule has 0 heterocycles. The van der Waals surface area contributed by atoms with Crippen LogP contribution in [0, 0.1) is 16.0 Å². The summed E-state index contributed by atoms with van der Waals surface area (Å²) in [5.41, 5.74) is 0.973. The van der Waals surface area contributed by atoms with Crippen molar-refractivity contribution in [2.24, 2.45) is 5.92 Å². The lowest BCUT2D eigenvalue weighted by atomic mass is 9.95. The Morgan fingerprint density at radius 3 is 2.86 bits per heavy atom. The van der Waals surface area contributed by atoms with Gasteiger partial charge in [-0.3, -0.25) is 10.1 Å². The van der Waals surface area contributed by atoms with Gasteiger partial charge in [0.1, 0.15) is 0 Å². The first kappa shape index (κ1) is 16.3. The van der Waals surface area contributed by atoms with Gasteiger partial charge in [-0.25, -0.2) is 0 Å². The van der Waals surface area contributed by atoms with Crippen LogP contribution < -0.4 is 5.32 Å². The Hall–Kier alpha value is -1.10. The van der Waals surface area contributed by atoms with E-state index >= 15 is 0 Å². The van der Waals surface area contributed by atoms with Gasteiger partial charge in [0.25, 0.3) is 5.69 Å². The quantitative estimate of drug-likeness (QED) is 0.430. The fourth-order valence-electron chi connectivity index (χ4n) is 3.20. The summed E-state index contributed by atoms with van der Waals surface area (Å²) >= 11 is 3.22. The average Bonchev–Trinajstić information content (AvgIpc) is 2.67. The van der Waals surface area contributed by atoms with Crippen LogP contribution >= 0.6 is 15.9 Å². The predicted molar refractivity (Wildman–Crippen MR) is 89.7 cm³/mol. The van der Waals surface area contributed by atoms with Crippen LogP contribution in [-0.2, 0) is 0 Å². The van der Waals surface area contributed by atoms with Gasteiger partial charge in [-0.05, 0) is 53.2 Å². The second-order valence-corrected chi connectivity index (χ2v) is 6.78. The third-order valence-corrected chi connectivity index (χ3v) is 4.97. The number of anilines is 1. The van der Waals surface area contributed by atoms with Crippen LogP contribution in [0.2, 0.25) is 0 Å². The lowest BCUT2D eigenvalue weighted by Gasteiger charge is -2.18. The van der Waals surface area contributed by atoms with Crippen molar-refractivity contribution in [3.8, 4) is 0 Å². The number of nitro groups is 1. The summed E-state index contributed by atoms with van der Waals surface area (Å²) in [6.45, 7) is 2.25. The van der Waals surface area contributed by atoms with Crippen molar-refractivity contribution in [2.45, 2.75) is 57.9 Å². The minimum absolute atomic E-state index is 0.123. The molecule has 0 spiro atoms. The maximum absolute atomic E-state index is 11.0. The molecule has 21 heavy (non-hydrogen) atoms. The van der Waals surface area contributed by atoms with Crippen LogP contribution in [0.15, 0.2) is 22.7 Å². The average molecular weight is 355 g/mol. The lowest BCUT2D eigenvalue weighted by molar-refractivity contribution is -0.385. The van der Waals surface area contributed by atoms with E-state index < -0.39 is 0 Å². The summed E-state index contributed by atoms with van der Waals surface area (Å²) in [6.07, 6.45) is 8.76. The zero-order valence-corrected chi connectivity index (χ0v) is 14.1. The Labute approximate surface area is 134 Å². The number of rotatable bonds is 5. The van der Waals surface area contributed by atoms with E-state index in [1.165, 1.54) is 32.1 Å². The van der Waals surface area contributed by atoms with E-state index in [0.717, 1.165) is 24.4 Å². The number of nitrogens with zero attached hydrogens (tertiary/aromatic N) is 1. The number of hydrogen-bond acceptors (Lipinski definition) is 3. The number of nitro benzene ring substituents is 1. The molecule has 2 unspecified atom stereocenters. The van der Waals surface area contributed by atoms with Gasteiger partial charge in [-0.1, -0.05) is 32.6 Å². The van der Waals surface area contributed by atoms with Gasteiger partial charge in [0.05, 0.1) is 9.40 Å². The molecular formula is C16H23BrN2O2. The molecule has 5 heteroatoms. The normalized spacial score (nSPS) is 22.6. The first-order valence-corrected chi connectivity index (χ1v) is 8.60. The Morgan fingerprint density at radius 1 is 1.33 bits per heavy atom. The number of hydrogen-bond donors (Lipinski definition) is 1. The second-order valence-electron chi connectivity index (χ2n) is 5.93. The van der Waals surface area contributed by atoms with Crippen LogP contribution in [0.25, 0.3) is 0 Å². The molecule has 2 atom stereocenters. The number of halogens is 1. The van der Waals surface area contributed by atoms with Crippen LogP contribution in [0.3, 0.4) is 0 Å². The molecule has 1 aromatic carbocycles. The van der Waals surface area contributed by atoms with E-state index in [1.54, 1.807) is 12.1 Å². The monoisotopic (exact) mass is 354 g/mol. The molecule has 0 aliphatic heterocycles. The Balaban J connectivity index is 1.98. The van der Waals surface area contributed by atoms with E-state index in [0.29, 0.717) is 10.5 Å². The van der Waals surface area contributed by atoms with E-state index in [2.05, 4.69) is 28.2 Å². The zero-order valence-electron chi connectivity index (χ0n) is 12.5. The smallest absolute Gasteiger partial charge is 0.285 e. The molecule has 1 fully saturated rings. The molecule has 1 aliphatic carbocycles. The summed E-state index contributed by atoms with van der Waals surface area (Å²) in [5, 5.41) is 14.5. The SMILES string of the molecule is CCCC1CCCC(Nc2ccc(Br)c([N+](=O)[O-])c2)CC1. The van der Waals surface area contributed by atoms with Crippen LogP contribution in [-0.4, -0.2) is 11.0 Å².